The van der Waals surface area contributed by atoms with Crippen molar-refractivity contribution in [1.29, 1.82) is 0 Å². The number of carbonyl (C=O) groups excluding carboxylic acids is 2. The number of pyridine rings is 1. The molecule has 0 aromatic carbocycles. The molecule has 3 rings (SSSR count). The van der Waals surface area contributed by atoms with E-state index < -0.39 is 0 Å². The Labute approximate surface area is 155 Å². The van der Waals surface area contributed by atoms with E-state index in [9.17, 15) is 9.59 Å². The Bertz CT molecular complexity index is 603. The molecule has 0 atom stereocenters. The lowest BCUT2D eigenvalue weighted by Crippen LogP contribution is -2.49. The van der Waals surface area contributed by atoms with Gasteiger partial charge in [0.05, 0.1) is 12.2 Å². The molecule has 142 valence electrons. The lowest BCUT2D eigenvalue weighted by atomic mass is 10.0. The lowest BCUT2D eigenvalue weighted by Gasteiger charge is -2.35. The van der Waals surface area contributed by atoms with E-state index >= 15 is 0 Å². The Morgan fingerprint density at radius 3 is 2.50 bits per heavy atom. The van der Waals surface area contributed by atoms with E-state index in [2.05, 4.69) is 9.88 Å². The number of hydrogen-bond acceptors (Lipinski definition) is 5. The van der Waals surface area contributed by atoms with E-state index in [1.165, 1.54) is 25.7 Å². The van der Waals surface area contributed by atoms with Gasteiger partial charge in [0.1, 0.15) is 5.82 Å². The highest BCUT2D eigenvalue weighted by atomic mass is 16.5. The van der Waals surface area contributed by atoms with Gasteiger partial charge in [0, 0.05) is 38.8 Å². The van der Waals surface area contributed by atoms with Crippen LogP contribution in [0.5, 0.6) is 0 Å². The van der Waals surface area contributed by atoms with Crippen molar-refractivity contribution in [3.63, 3.8) is 0 Å². The molecule has 2 heterocycles. The molecule has 2 fully saturated rings. The van der Waals surface area contributed by atoms with Crippen molar-refractivity contribution in [1.82, 2.24) is 9.88 Å². The summed E-state index contributed by atoms with van der Waals surface area (Å²) in [6.07, 6.45) is 8.57. The molecule has 6 nitrogen and oxygen atoms in total. The molecule has 1 amide bonds. The Morgan fingerprint density at radius 2 is 1.88 bits per heavy atom. The maximum absolute atomic E-state index is 12.4. The Hall–Kier alpha value is -2.11. The third-order valence-corrected chi connectivity index (χ3v) is 5.46. The average molecular weight is 359 g/mol. The quantitative estimate of drug-likeness (QED) is 0.731. The highest BCUT2D eigenvalue weighted by molar-refractivity contribution is 5.89. The topological polar surface area (TPSA) is 62.7 Å². The minimum atomic E-state index is -0.343. The standard InChI is InChI=1S/C20H29N3O3/c1-2-26-20(25)17-8-9-18(21-15-17)22-11-13-23(14-12-22)19(24)10-7-16-5-3-4-6-16/h8-9,15-16H,2-7,10-14H2,1H3. The molecule has 0 spiro atoms. The second-order valence-electron chi connectivity index (χ2n) is 7.18. The van der Waals surface area contributed by atoms with Gasteiger partial charge in [0.25, 0.3) is 0 Å². The van der Waals surface area contributed by atoms with Crippen LogP contribution in [0.25, 0.3) is 0 Å². The second-order valence-corrected chi connectivity index (χ2v) is 7.18. The van der Waals surface area contributed by atoms with E-state index in [0.717, 1.165) is 44.3 Å². The second kappa shape index (κ2) is 9.01. The fourth-order valence-corrected chi connectivity index (χ4v) is 3.88. The number of aromatic nitrogens is 1. The van der Waals surface area contributed by atoms with Crippen molar-refractivity contribution >= 4 is 17.7 Å². The molecule has 1 aliphatic carbocycles. The number of ether oxygens (including phenoxy) is 1. The summed E-state index contributed by atoms with van der Waals surface area (Å²) >= 11 is 0. The van der Waals surface area contributed by atoms with Gasteiger partial charge in [-0.2, -0.15) is 0 Å². The van der Waals surface area contributed by atoms with Crippen molar-refractivity contribution in [2.45, 2.75) is 45.4 Å². The third-order valence-electron chi connectivity index (χ3n) is 5.46. The maximum Gasteiger partial charge on any atom is 0.339 e. The van der Waals surface area contributed by atoms with Gasteiger partial charge in [-0.15, -0.1) is 0 Å². The number of esters is 1. The minimum Gasteiger partial charge on any atom is -0.462 e. The third kappa shape index (κ3) is 4.74. The maximum atomic E-state index is 12.4. The Balaban J connectivity index is 1.45. The largest absolute Gasteiger partial charge is 0.462 e. The highest BCUT2D eigenvalue weighted by Crippen LogP contribution is 2.28. The Kier molecular flexibility index (Phi) is 6.47. The molecule has 1 aromatic rings. The van der Waals surface area contributed by atoms with Crippen LogP contribution in [0, 0.1) is 5.92 Å². The zero-order chi connectivity index (χ0) is 18.4. The summed E-state index contributed by atoms with van der Waals surface area (Å²) in [5.41, 5.74) is 0.469. The minimum absolute atomic E-state index is 0.294. The molecule has 1 aromatic heterocycles. The molecule has 1 saturated carbocycles. The molecule has 6 heteroatoms. The molecule has 26 heavy (non-hydrogen) atoms. The van der Waals surface area contributed by atoms with Gasteiger partial charge < -0.3 is 14.5 Å². The predicted molar refractivity (Wildman–Crippen MR) is 100 cm³/mol. The Morgan fingerprint density at radius 1 is 1.15 bits per heavy atom. The van der Waals surface area contributed by atoms with Gasteiger partial charge in [-0.25, -0.2) is 9.78 Å². The number of rotatable bonds is 6. The van der Waals surface area contributed by atoms with E-state index in [4.69, 9.17) is 4.74 Å². The van der Waals surface area contributed by atoms with Crippen LogP contribution in [0.3, 0.4) is 0 Å². The van der Waals surface area contributed by atoms with Gasteiger partial charge in [0.2, 0.25) is 5.91 Å². The first-order chi connectivity index (χ1) is 12.7. The summed E-state index contributed by atoms with van der Waals surface area (Å²) in [5, 5.41) is 0. The van der Waals surface area contributed by atoms with Crippen molar-refractivity contribution in [2.75, 3.05) is 37.7 Å². The van der Waals surface area contributed by atoms with E-state index in [-0.39, 0.29) is 5.97 Å². The lowest BCUT2D eigenvalue weighted by molar-refractivity contribution is -0.131. The molecule has 0 bridgehead atoms. The van der Waals surface area contributed by atoms with Crippen LogP contribution in [0.4, 0.5) is 5.82 Å². The van der Waals surface area contributed by atoms with Gasteiger partial charge in [-0.05, 0) is 31.4 Å². The first-order valence-corrected chi connectivity index (χ1v) is 9.83. The molecule has 0 radical (unpaired) electrons. The zero-order valence-electron chi connectivity index (χ0n) is 15.7. The van der Waals surface area contributed by atoms with E-state index in [1.54, 1.807) is 19.2 Å². The fourth-order valence-electron chi connectivity index (χ4n) is 3.88. The molecule has 0 unspecified atom stereocenters. The van der Waals surface area contributed by atoms with Crippen LogP contribution in [0.2, 0.25) is 0 Å². The summed E-state index contributed by atoms with van der Waals surface area (Å²) in [5.74, 6) is 1.56. The molecule has 2 aliphatic rings. The van der Waals surface area contributed by atoms with Crippen molar-refractivity contribution in [3.05, 3.63) is 23.9 Å². The monoisotopic (exact) mass is 359 g/mol. The van der Waals surface area contributed by atoms with Gasteiger partial charge in [0.15, 0.2) is 0 Å². The van der Waals surface area contributed by atoms with Crippen LogP contribution in [-0.4, -0.2) is 54.5 Å². The molecular formula is C20H29N3O3. The zero-order valence-corrected chi connectivity index (χ0v) is 15.7. The van der Waals surface area contributed by atoms with E-state index in [1.807, 2.05) is 11.0 Å². The molecule has 1 aliphatic heterocycles. The van der Waals surface area contributed by atoms with Crippen molar-refractivity contribution in [3.8, 4) is 0 Å². The van der Waals surface area contributed by atoms with Gasteiger partial charge in [-0.1, -0.05) is 25.7 Å². The fraction of sp³-hybridized carbons (Fsp3) is 0.650. The molecule has 0 N–H and O–H groups in total. The number of piperazine rings is 1. The summed E-state index contributed by atoms with van der Waals surface area (Å²) in [6, 6.07) is 3.60. The number of hydrogen-bond donors (Lipinski definition) is 0. The first kappa shape index (κ1) is 18.7. The molecule has 1 saturated heterocycles. The first-order valence-electron chi connectivity index (χ1n) is 9.83. The van der Waals surface area contributed by atoms with Crippen LogP contribution in [-0.2, 0) is 9.53 Å². The summed E-state index contributed by atoms with van der Waals surface area (Å²) in [4.78, 5) is 32.6. The van der Waals surface area contributed by atoms with Crippen LogP contribution in [0.15, 0.2) is 18.3 Å². The average Bonchev–Trinajstić information content (AvgIpc) is 3.20. The van der Waals surface area contributed by atoms with Crippen LogP contribution >= 0.6 is 0 Å². The predicted octanol–water partition coefficient (Wildman–Crippen LogP) is 2.88. The smallest absolute Gasteiger partial charge is 0.339 e. The van der Waals surface area contributed by atoms with Crippen LogP contribution in [0.1, 0.15) is 55.8 Å². The SMILES string of the molecule is CCOC(=O)c1ccc(N2CCN(C(=O)CCC3CCCC3)CC2)nc1. The number of amides is 1. The summed E-state index contributed by atoms with van der Waals surface area (Å²) in [6.45, 7) is 5.18. The van der Waals surface area contributed by atoms with Crippen molar-refractivity contribution < 1.29 is 14.3 Å². The molecular weight excluding hydrogens is 330 g/mol. The highest BCUT2D eigenvalue weighted by Gasteiger charge is 2.23. The summed E-state index contributed by atoms with van der Waals surface area (Å²) in [7, 11) is 0. The van der Waals surface area contributed by atoms with Crippen molar-refractivity contribution in [2.24, 2.45) is 5.92 Å². The van der Waals surface area contributed by atoms with Gasteiger partial charge in [-0.3, -0.25) is 4.79 Å². The van der Waals surface area contributed by atoms with Gasteiger partial charge >= 0.3 is 5.97 Å². The summed E-state index contributed by atoms with van der Waals surface area (Å²) < 4.78 is 4.98. The van der Waals surface area contributed by atoms with Crippen LogP contribution < -0.4 is 4.90 Å². The number of carbonyl (C=O) groups is 2. The normalized spacial score (nSPS) is 18.2. The number of nitrogens with zero attached hydrogens (tertiary/aromatic N) is 3. The number of anilines is 1. The van der Waals surface area contributed by atoms with E-state index in [0.29, 0.717) is 24.5 Å².